The summed E-state index contributed by atoms with van der Waals surface area (Å²) in [7, 11) is 1.94. The summed E-state index contributed by atoms with van der Waals surface area (Å²) in [5.74, 6) is 0.541. The maximum Gasteiger partial charge on any atom is 0.270 e. The first-order chi connectivity index (χ1) is 11.1. The van der Waals surface area contributed by atoms with Crippen LogP contribution < -0.4 is 9.64 Å². The molecule has 3 rings (SSSR count). The maximum atomic E-state index is 12.8. The molecule has 1 aliphatic rings. The van der Waals surface area contributed by atoms with Crippen molar-refractivity contribution in [3.8, 4) is 5.75 Å². The van der Waals surface area contributed by atoms with Crippen molar-refractivity contribution < 1.29 is 9.53 Å². The zero-order chi connectivity index (χ0) is 16.4. The van der Waals surface area contributed by atoms with Crippen LogP contribution in [0.25, 0.3) is 6.08 Å². The topological polar surface area (TPSA) is 34.5 Å². The van der Waals surface area contributed by atoms with Crippen LogP contribution in [0.15, 0.2) is 47.5 Å². The van der Waals surface area contributed by atoms with Crippen LogP contribution in [-0.4, -0.2) is 21.4 Å². The van der Waals surface area contributed by atoms with Crippen LogP contribution in [0.2, 0.25) is 0 Å². The van der Waals surface area contributed by atoms with E-state index >= 15 is 0 Å². The highest BCUT2D eigenvalue weighted by Crippen LogP contribution is 2.39. The van der Waals surface area contributed by atoms with Gasteiger partial charge in [-0.2, -0.15) is 0 Å². The van der Waals surface area contributed by atoms with Gasteiger partial charge in [-0.3, -0.25) is 9.69 Å². The van der Waals surface area contributed by atoms with E-state index in [-0.39, 0.29) is 5.91 Å². The van der Waals surface area contributed by atoms with E-state index in [2.05, 4.69) is 0 Å². The predicted octanol–water partition coefficient (Wildman–Crippen LogP) is 3.83. The third kappa shape index (κ3) is 3.04. The van der Waals surface area contributed by atoms with Crippen molar-refractivity contribution in [2.45, 2.75) is 6.92 Å². The van der Waals surface area contributed by atoms with Crippen molar-refractivity contribution in [1.29, 1.82) is 0 Å². The summed E-state index contributed by atoms with van der Waals surface area (Å²) < 4.78 is 8.10. The lowest BCUT2D eigenvalue weighted by atomic mass is 10.2. The Balaban J connectivity index is 1.97. The van der Waals surface area contributed by atoms with E-state index in [4.69, 9.17) is 17.0 Å². The molecular formula is C17H16N2O2S2. The number of anilines is 1. The van der Waals surface area contributed by atoms with Crippen molar-refractivity contribution in [2.75, 3.05) is 11.5 Å². The Bertz CT molecular complexity index is 795. The first-order valence-electron chi connectivity index (χ1n) is 7.23. The highest BCUT2D eigenvalue weighted by molar-refractivity contribution is 8.27. The van der Waals surface area contributed by atoms with E-state index in [1.807, 2.05) is 67.2 Å². The number of para-hydroxylation sites is 2. The quantitative estimate of drug-likeness (QED) is 0.624. The second-order valence-electron chi connectivity index (χ2n) is 4.96. The Hall–Kier alpha value is -2.05. The number of hydrogen-bond acceptors (Lipinski definition) is 4. The molecule has 118 valence electrons. The molecule has 2 heterocycles. The van der Waals surface area contributed by atoms with E-state index in [1.165, 1.54) is 11.8 Å². The molecule has 1 fully saturated rings. The molecule has 1 saturated heterocycles. The summed E-state index contributed by atoms with van der Waals surface area (Å²) in [5.41, 5.74) is 1.65. The van der Waals surface area contributed by atoms with Gasteiger partial charge in [0.1, 0.15) is 5.75 Å². The molecule has 0 atom stereocenters. The average molecular weight is 344 g/mol. The molecule has 6 heteroatoms. The summed E-state index contributed by atoms with van der Waals surface area (Å²) in [5, 5.41) is 0. The number of amides is 1. The molecule has 1 aliphatic heterocycles. The van der Waals surface area contributed by atoms with Gasteiger partial charge in [-0.25, -0.2) is 0 Å². The fourth-order valence-electron chi connectivity index (χ4n) is 2.35. The van der Waals surface area contributed by atoms with Crippen LogP contribution in [0.4, 0.5) is 5.69 Å². The van der Waals surface area contributed by atoms with Crippen molar-refractivity contribution in [3.05, 3.63) is 53.2 Å². The summed E-state index contributed by atoms with van der Waals surface area (Å²) >= 11 is 6.72. The van der Waals surface area contributed by atoms with Gasteiger partial charge in [0.15, 0.2) is 4.32 Å². The highest BCUT2D eigenvalue weighted by Gasteiger charge is 2.35. The van der Waals surface area contributed by atoms with Crippen LogP contribution >= 0.6 is 24.0 Å². The number of thiocarbonyl (C=S) groups is 1. The first kappa shape index (κ1) is 15.8. The molecular weight excluding hydrogens is 328 g/mol. The SMILES string of the molecule is CCOc1ccccc1N1C(=O)/C(=C/c2cccn2C)SC1=S. The van der Waals surface area contributed by atoms with Gasteiger partial charge in [0.05, 0.1) is 17.2 Å². The lowest BCUT2D eigenvalue weighted by molar-refractivity contribution is -0.113. The number of rotatable bonds is 4. The van der Waals surface area contributed by atoms with Gasteiger partial charge in [0, 0.05) is 18.9 Å². The molecule has 1 aromatic carbocycles. The van der Waals surface area contributed by atoms with Crippen LogP contribution in [0.5, 0.6) is 5.75 Å². The minimum atomic E-state index is -0.117. The third-order valence-electron chi connectivity index (χ3n) is 3.46. The summed E-state index contributed by atoms with van der Waals surface area (Å²) in [6.07, 6.45) is 3.81. The van der Waals surface area contributed by atoms with Gasteiger partial charge in [-0.05, 0) is 37.3 Å². The molecule has 0 saturated carbocycles. The highest BCUT2D eigenvalue weighted by atomic mass is 32.2. The van der Waals surface area contributed by atoms with Crippen molar-refractivity contribution in [1.82, 2.24) is 4.57 Å². The Morgan fingerprint density at radius 3 is 2.74 bits per heavy atom. The van der Waals surface area contributed by atoms with Gasteiger partial charge in [0.2, 0.25) is 0 Å². The molecule has 0 N–H and O–H groups in total. The van der Waals surface area contributed by atoms with Gasteiger partial charge < -0.3 is 9.30 Å². The average Bonchev–Trinajstić information content (AvgIpc) is 3.05. The van der Waals surface area contributed by atoms with Crippen LogP contribution in [0.1, 0.15) is 12.6 Å². The fraction of sp³-hybridized carbons (Fsp3) is 0.176. The van der Waals surface area contributed by atoms with E-state index in [1.54, 1.807) is 4.90 Å². The number of ether oxygens (including phenoxy) is 1. The second-order valence-corrected chi connectivity index (χ2v) is 6.64. The number of aromatic nitrogens is 1. The zero-order valence-corrected chi connectivity index (χ0v) is 14.5. The van der Waals surface area contributed by atoms with Gasteiger partial charge in [-0.1, -0.05) is 36.1 Å². The maximum absolute atomic E-state index is 12.8. The normalized spacial score (nSPS) is 16.4. The Labute approximate surface area is 144 Å². The Kier molecular flexibility index (Phi) is 4.54. The number of aryl methyl sites for hydroxylation is 1. The van der Waals surface area contributed by atoms with Crippen molar-refractivity contribution in [2.24, 2.45) is 7.05 Å². The molecule has 23 heavy (non-hydrogen) atoms. The lowest BCUT2D eigenvalue weighted by Crippen LogP contribution is -2.28. The van der Waals surface area contributed by atoms with Crippen molar-refractivity contribution in [3.63, 3.8) is 0 Å². The molecule has 0 aliphatic carbocycles. The number of hydrogen-bond donors (Lipinski definition) is 0. The summed E-state index contributed by atoms with van der Waals surface area (Å²) in [6.45, 7) is 2.45. The number of carbonyl (C=O) groups excluding carboxylic acids is 1. The largest absolute Gasteiger partial charge is 0.492 e. The van der Waals surface area contributed by atoms with E-state index in [0.717, 1.165) is 5.69 Å². The Morgan fingerprint density at radius 1 is 1.26 bits per heavy atom. The van der Waals surface area contributed by atoms with E-state index in [9.17, 15) is 4.79 Å². The second kappa shape index (κ2) is 6.60. The van der Waals surface area contributed by atoms with Gasteiger partial charge in [-0.15, -0.1) is 0 Å². The first-order valence-corrected chi connectivity index (χ1v) is 8.45. The van der Waals surface area contributed by atoms with E-state index < -0.39 is 0 Å². The molecule has 0 radical (unpaired) electrons. The predicted molar refractivity (Wildman–Crippen MR) is 98.7 cm³/mol. The zero-order valence-electron chi connectivity index (χ0n) is 12.9. The number of thioether (sulfide) groups is 1. The third-order valence-corrected chi connectivity index (χ3v) is 4.76. The molecule has 0 bridgehead atoms. The summed E-state index contributed by atoms with van der Waals surface area (Å²) in [4.78, 5) is 15.0. The molecule has 0 spiro atoms. The van der Waals surface area contributed by atoms with Crippen LogP contribution in [0, 0.1) is 0 Å². The minimum Gasteiger partial charge on any atom is -0.492 e. The fourth-order valence-corrected chi connectivity index (χ4v) is 3.62. The monoisotopic (exact) mass is 344 g/mol. The van der Waals surface area contributed by atoms with Gasteiger partial charge in [0.25, 0.3) is 5.91 Å². The molecule has 0 unspecified atom stereocenters. The smallest absolute Gasteiger partial charge is 0.270 e. The van der Waals surface area contributed by atoms with Crippen LogP contribution in [0.3, 0.4) is 0 Å². The lowest BCUT2D eigenvalue weighted by Gasteiger charge is -2.18. The summed E-state index contributed by atoms with van der Waals surface area (Å²) in [6, 6.07) is 11.3. The van der Waals surface area contributed by atoms with Crippen LogP contribution in [-0.2, 0) is 11.8 Å². The number of benzene rings is 1. The van der Waals surface area contributed by atoms with E-state index in [0.29, 0.717) is 27.3 Å². The molecule has 4 nitrogen and oxygen atoms in total. The Morgan fingerprint density at radius 2 is 2.04 bits per heavy atom. The van der Waals surface area contributed by atoms with Crippen molar-refractivity contribution >= 4 is 46.0 Å². The molecule has 1 aromatic heterocycles. The standard InChI is InChI=1S/C17H16N2O2S2/c1-3-21-14-9-5-4-8-13(14)19-16(20)15(23-17(19)22)11-12-7-6-10-18(12)2/h4-11H,3H2,1-2H3/b15-11-. The molecule has 1 amide bonds. The minimum absolute atomic E-state index is 0.117. The molecule has 2 aromatic rings. The number of nitrogens with zero attached hydrogens (tertiary/aromatic N) is 2. The number of carbonyl (C=O) groups is 1. The van der Waals surface area contributed by atoms with Gasteiger partial charge >= 0.3 is 0 Å².